The Labute approximate surface area is 200 Å². The van der Waals surface area contributed by atoms with Gasteiger partial charge in [-0.2, -0.15) is 18.3 Å². The lowest BCUT2D eigenvalue weighted by Crippen LogP contribution is -2.62. The van der Waals surface area contributed by atoms with E-state index in [4.69, 9.17) is 5.73 Å². The Morgan fingerprint density at radius 2 is 1.83 bits per heavy atom. The SMILES string of the molecule is COC(=O)NC(C)(C)/C=C/n1ncc(C(=O)N[C@H]2C3CC4CC2C[C@](C(N)=O)(C4)C3)c1C(F)(F)F. The highest BCUT2D eigenvalue weighted by Gasteiger charge is 2.58. The van der Waals surface area contributed by atoms with Crippen molar-refractivity contribution in [3.63, 3.8) is 0 Å². The van der Waals surface area contributed by atoms with Crippen molar-refractivity contribution in [1.82, 2.24) is 20.4 Å². The summed E-state index contributed by atoms with van der Waals surface area (Å²) in [5.74, 6) is -0.804. The minimum atomic E-state index is -4.85. The predicted octanol–water partition coefficient (Wildman–Crippen LogP) is 2.92. The number of aromatic nitrogens is 2. The molecule has 4 N–H and O–H groups in total. The molecule has 1 heterocycles. The van der Waals surface area contributed by atoms with Gasteiger partial charge in [0.1, 0.15) is 0 Å². The van der Waals surface area contributed by atoms with Crippen LogP contribution in [-0.2, 0) is 15.7 Å². The van der Waals surface area contributed by atoms with Crippen molar-refractivity contribution in [3.8, 4) is 0 Å². The van der Waals surface area contributed by atoms with E-state index in [1.165, 1.54) is 13.2 Å². The normalized spacial score (nSPS) is 29.9. The molecule has 2 atom stereocenters. The first-order valence-electron chi connectivity index (χ1n) is 11.6. The van der Waals surface area contributed by atoms with Crippen LogP contribution in [0.4, 0.5) is 18.0 Å². The van der Waals surface area contributed by atoms with E-state index in [0.29, 0.717) is 23.4 Å². The van der Waals surface area contributed by atoms with Gasteiger partial charge in [-0.25, -0.2) is 9.48 Å². The number of alkyl halides is 3. The Balaban J connectivity index is 1.55. The third-order valence-electron chi connectivity index (χ3n) is 7.64. The number of alkyl carbamates (subject to hydrolysis) is 1. The van der Waals surface area contributed by atoms with Crippen LogP contribution in [0.2, 0.25) is 0 Å². The van der Waals surface area contributed by atoms with Gasteiger partial charge >= 0.3 is 12.3 Å². The van der Waals surface area contributed by atoms with E-state index in [-0.39, 0.29) is 23.8 Å². The number of primary amides is 1. The van der Waals surface area contributed by atoms with Crippen molar-refractivity contribution in [2.75, 3.05) is 7.11 Å². The molecule has 1 aromatic heterocycles. The Kier molecular flexibility index (Phi) is 6.13. The summed E-state index contributed by atoms with van der Waals surface area (Å²) in [6, 6.07) is -0.310. The van der Waals surface area contributed by atoms with Crippen LogP contribution in [0.3, 0.4) is 0 Å². The van der Waals surface area contributed by atoms with Crippen LogP contribution in [0.15, 0.2) is 12.3 Å². The number of methoxy groups -OCH3 is 1. The first-order chi connectivity index (χ1) is 16.2. The molecule has 4 aliphatic rings. The fourth-order valence-corrected chi connectivity index (χ4v) is 6.33. The van der Waals surface area contributed by atoms with E-state index in [2.05, 4.69) is 20.5 Å². The van der Waals surface area contributed by atoms with Crippen molar-refractivity contribution in [2.24, 2.45) is 28.9 Å². The van der Waals surface area contributed by atoms with Crippen molar-refractivity contribution < 1.29 is 32.3 Å². The van der Waals surface area contributed by atoms with E-state index in [1.54, 1.807) is 13.8 Å². The Bertz CT molecular complexity index is 1050. The van der Waals surface area contributed by atoms with Gasteiger partial charge in [0.25, 0.3) is 5.91 Å². The summed E-state index contributed by atoms with van der Waals surface area (Å²) in [4.78, 5) is 36.7. The van der Waals surface area contributed by atoms with Crippen molar-refractivity contribution >= 4 is 24.1 Å². The molecule has 0 aliphatic heterocycles. The lowest BCUT2D eigenvalue weighted by atomic mass is 9.47. The van der Waals surface area contributed by atoms with Crippen LogP contribution in [-0.4, -0.2) is 46.4 Å². The second-order valence-corrected chi connectivity index (χ2v) is 10.6. The number of halogens is 3. The monoisotopic (exact) mass is 497 g/mol. The van der Waals surface area contributed by atoms with Gasteiger partial charge in [-0.1, -0.05) is 0 Å². The van der Waals surface area contributed by atoms with Crippen molar-refractivity contribution in [3.05, 3.63) is 23.5 Å². The molecule has 0 saturated heterocycles. The summed E-state index contributed by atoms with van der Waals surface area (Å²) < 4.78 is 47.0. The van der Waals surface area contributed by atoms with Gasteiger partial charge in [-0.05, 0) is 69.8 Å². The lowest BCUT2D eigenvalue weighted by Gasteiger charge is -2.58. The molecule has 3 amide bonds. The molecule has 4 bridgehead atoms. The van der Waals surface area contributed by atoms with Gasteiger partial charge in [0, 0.05) is 17.7 Å². The van der Waals surface area contributed by atoms with Gasteiger partial charge < -0.3 is 21.1 Å². The van der Waals surface area contributed by atoms with Crippen molar-refractivity contribution in [1.29, 1.82) is 0 Å². The summed E-state index contributed by atoms with van der Waals surface area (Å²) in [7, 11) is 1.17. The van der Waals surface area contributed by atoms with Gasteiger partial charge in [-0.15, -0.1) is 0 Å². The highest BCUT2D eigenvalue weighted by molar-refractivity contribution is 5.95. The van der Waals surface area contributed by atoms with Crippen LogP contribution >= 0.6 is 0 Å². The molecule has 0 spiro atoms. The summed E-state index contributed by atoms with van der Waals surface area (Å²) in [5.41, 5.74) is 2.30. The first-order valence-corrected chi connectivity index (χ1v) is 11.6. The third-order valence-corrected chi connectivity index (χ3v) is 7.64. The molecule has 0 radical (unpaired) electrons. The number of nitrogens with one attached hydrogen (secondary N) is 2. The van der Waals surface area contributed by atoms with E-state index < -0.39 is 40.4 Å². The van der Waals surface area contributed by atoms with E-state index in [0.717, 1.165) is 31.7 Å². The minimum Gasteiger partial charge on any atom is -0.453 e. The molecule has 1 aromatic rings. The van der Waals surface area contributed by atoms with Crippen LogP contribution in [0.1, 0.15) is 62.0 Å². The quantitative estimate of drug-likeness (QED) is 0.557. The smallest absolute Gasteiger partial charge is 0.434 e. The van der Waals surface area contributed by atoms with Gasteiger partial charge in [0.15, 0.2) is 5.69 Å². The number of carbonyl (C=O) groups is 3. The number of nitrogens with two attached hydrogens (primary N) is 1. The van der Waals surface area contributed by atoms with E-state index >= 15 is 0 Å². The molecule has 5 rings (SSSR count). The topological polar surface area (TPSA) is 128 Å². The van der Waals surface area contributed by atoms with E-state index in [9.17, 15) is 27.6 Å². The predicted molar refractivity (Wildman–Crippen MR) is 119 cm³/mol. The molecule has 4 saturated carbocycles. The Hall–Kier alpha value is -3.05. The van der Waals surface area contributed by atoms with Gasteiger partial charge in [-0.3, -0.25) is 9.59 Å². The van der Waals surface area contributed by atoms with Crippen LogP contribution in [0.25, 0.3) is 6.20 Å². The molecule has 0 aromatic carbocycles. The molecule has 2 unspecified atom stereocenters. The Morgan fingerprint density at radius 3 is 2.37 bits per heavy atom. The number of rotatable bonds is 6. The molecular formula is C23H30F3N5O4. The minimum absolute atomic E-state index is 0.00664. The first kappa shape index (κ1) is 25.1. The maximum atomic E-state index is 14.0. The number of carbonyl (C=O) groups excluding carboxylic acids is 3. The fraction of sp³-hybridized carbons (Fsp3) is 0.652. The second-order valence-electron chi connectivity index (χ2n) is 10.6. The maximum absolute atomic E-state index is 14.0. The average Bonchev–Trinajstić information content (AvgIpc) is 3.19. The zero-order chi connectivity index (χ0) is 25.8. The number of amides is 3. The maximum Gasteiger partial charge on any atom is 0.434 e. The zero-order valence-electron chi connectivity index (χ0n) is 19.8. The molecule has 192 valence electrons. The molecule has 12 heteroatoms. The highest BCUT2D eigenvalue weighted by Crippen LogP contribution is 2.60. The highest BCUT2D eigenvalue weighted by atomic mass is 19.4. The van der Waals surface area contributed by atoms with E-state index in [1.807, 2.05) is 0 Å². The standard InChI is InChI=1S/C23H30F3N5O4/c1-21(2,30-20(34)35-3)4-5-31-17(23(24,25)26)15(11-28-31)18(32)29-16-13-6-12-7-14(16)10-22(8-12,9-13)19(27)33/h4-5,11-14,16H,6-10H2,1-3H3,(H2,27,33)(H,29,32)(H,30,34)/b5-4+/t12?,13?,14?,16-,22-. The van der Waals surface area contributed by atoms with Gasteiger partial charge in [0.2, 0.25) is 5.91 Å². The zero-order valence-corrected chi connectivity index (χ0v) is 19.8. The third kappa shape index (κ3) is 4.74. The summed E-state index contributed by atoms with van der Waals surface area (Å²) in [5, 5.41) is 9.07. The Morgan fingerprint density at radius 1 is 1.20 bits per heavy atom. The van der Waals surface area contributed by atoms with Crippen LogP contribution < -0.4 is 16.4 Å². The fourth-order valence-electron chi connectivity index (χ4n) is 6.33. The van der Waals surface area contributed by atoms with Crippen molar-refractivity contribution in [2.45, 2.75) is 63.7 Å². The second kappa shape index (κ2) is 8.56. The molecule has 35 heavy (non-hydrogen) atoms. The number of nitrogens with zero attached hydrogens (tertiary/aromatic N) is 2. The summed E-state index contributed by atoms with van der Waals surface area (Å²) >= 11 is 0. The molecular weight excluding hydrogens is 467 g/mol. The number of hydrogen-bond acceptors (Lipinski definition) is 5. The average molecular weight is 498 g/mol. The number of ether oxygens (including phenoxy) is 1. The lowest BCUT2D eigenvalue weighted by molar-refractivity contribution is -0.145. The summed E-state index contributed by atoms with van der Waals surface area (Å²) in [6.45, 7) is 3.13. The summed E-state index contributed by atoms with van der Waals surface area (Å²) in [6.07, 6.45) is 1.17. The van der Waals surface area contributed by atoms with Gasteiger partial charge in [0.05, 0.1) is 24.4 Å². The number of hydrogen-bond donors (Lipinski definition) is 3. The molecule has 4 fully saturated rings. The largest absolute Gasteiger partial charge is 0.453 e. The molecule has 4 aliphatic carbocycles. The van der Waals surface area contributed by atoms with Crippen LogP contribution in [0, 0.1) is 23.2 Å². The molecule has 9 nitrogen and oxygen atoms in total. The van der Waals surface area contributed by atoms with Crippen LogP contribution in [0.5, 0.6) is 0 Å².